The zero-order valence-electron chi connectivity index (χ0n) is 13.4. The molecular weight excluding hydrogens is 274 g/mol. The first kappa shape index (κ1) is 16.3. The Morgan fingerprint density at radius 1 is 1.00 bits per heavy atom. The van der Waals surface area contributed by atoms with E-state index in [0.717, 1.165) is 12.8 Å². The predicted octanol–water partition coefficient (Wildman–Crippen LogP) is 5.89. The second-order valence-electron chi connectivity index (χ2n) is 5.58. The first-order valence-corrected chi connectivity index (χ1v) is 9.04. The van der Waals surface area contributed by atoms with Gasteiger partial charge in [0, 0.05) is 17.0 Å². The highest BCUT2D eigenvalue weighted by molar-refractivity contribution is 7.10. The largest absolute Gasteiger partial charge is 0.302 e. The SMILES string of the molecule is CCCC(NC(CC)c1ccc(CC)cc1)c1cccs1. The number of hydrogen-bond acceptors (Lipinski definition) is 2. The van der Waals surface area contributed by atoms with Crippen LogP contribution in [0.4, 0.5) is 0 Å². The maximum Gasteiger partial charge on any atom is 0.0419 e. The Kier molecular flexibility index (Phi) is 6.47. The molecule has 1 N–H and O–H groups in total. The van der Waals surface area contributed by atoms with E-state index >= 15 is 0 Å². The van der Waals surface area contributed by atoms with Crippen molar-refractivity contribution >= 4 is 11.3 Å². The molecule has 1 nitrogen and oxygen atoms in total. The van der Waals surface area contributed by atoms with Gasteiger partial charge < -0.3 is 5.32 Å². The van der Waals surface area contributed by atoms with E-state index in [9.17, 15) is 0 Å². The highest BCUT2D eigenvalue weighted by atomic mass is 32.1. The van der Waals surface area contributed by atoms with Crippen LogP contribution in [0.2, 0.25) is 0 Å². The van der Waals surface area contributed by atoms with Crippen molar-refractivity contribution in [1.29, 1.82) is 0 Å². The van der Waals surface area contributed by atoms with Crippen molar-refractivity contribution in [2.24, 2.45) is 0 Å². The lowest BCUT2D eigenvalue weighted by atomic mass is 10.00. The van der Waals surface area contributed by atoms with E-state index in [1.165, 1.54) is 28.8 Å². The van der Waals surface area contributed by atoms with Gasteiger partial charge in [-0.2, -0.15) is 0 Å². The summed E-state index contributed by atoms with van der Waals surface area (Å²) in [5.74, 6) is 0. The topological polar surface area (TPSA) is 12.0 Å². The van der Waals surface area contributed by atoms with E-state index in [-0.39, 0.29) is 0 Å². The van der Waals surface area contributed by atoms with Gasteiger partial charge in [0.15, 0.2) is 0 Å². The molecule has 0 fully saturated rings. The summed E-state index contributed by atoms with van der Waals surface area (Å²) in [5.41, 5.74) is 2.82. The summed E-state index contributed by atoms with van der Waals surface area (Å²) >= 11 is 1.86. The third kappa shape index (κ3) is 4.42. The molecule has 0 spiro atoms. The third-order valence-electron chi connectivity index (χ3n) is 4.06. The van der Waals surface area contributed by atoms with Crippen molar-refractivity contribution in [2.75, 3.05) is 0 Å². The Bertz CT molecular complexity index is 501. The molecule has 0 bridgehead atoms. The molecule has 114 valence electrons. The number of thiophene rings is 1. The van der Waals surface area contributed by atoms with Crippen molar-refractivity contribution in [2.45, 2.75) is 58.5 Å². The van der Waals surface area contributed by atoms with Gasteiger partial charge in [-0.05, 0) is 41.8 Å². The number of aryl methyl sites for hydroxylation is 1. The van der Waals surface area contributed by atoms with E-state index in [2.05, 4.69) is 67.9 Å². The van der Waals surface area contributed by atoms with Crippen LogP contribution < -0.4 is 5.32 Å². The van der Waals surface area contributed by atoms with Crippen LogP contribution in [-0.2, 0) is 6.42 Å². The molecule has 1 aromatic heterocycles. The minimum absolute atomic E-state index is 0.439. The van der Waals surface area contributed by atoms with Gasteiger partial charge in [0.05, 0.1) is 0 Å². The highest BCUT2D eigenvalue weighted by Gasteiger charge is 2.17. The second kappa shape index (κ2) is 8.35. The molecule has 0 aliphatic rings. The van der Waals surface area contributed by atoms with E-state index in [1.54, 1.807) is 0 Å². The monoisotopic (exact) mass is 301 g/mol. The molecule has 0 aliphatic heterocycles. The maximum atomic E-state index is 3.87. The molecule has 1 aromatic carbocycles. The minimum Gasteiger partial charge on any atom is -0.302 e. The first-order chi connectivity index (χ1) is 10.3. The van der Waals surface area contributed by atoms with Crippen molar-refractivity contribution in [3.63, 3.8) is 0 Å². The molecule has 1 heterocycles. The summed E-state index contributed by atoms with van der Waals surface area (Å²) in [5, 5.41) is 6.05. The van der Waals surface area contributed by atoms with Crippen LogP contribution in [0, 0.1) is 0 Å². The average molecular weight is 301 g/mol. The second-order valence-corrected chi connectivity index (χ2v) is 6.56. The number of benzene rings is 1. The molecule has 0 saturated heterocycles. The van der Waals surface area contributed by atoms with Gasteiger partial charge in [-0.1, -0.05) is 57.5 Å². The summed E-state index contributed by atoms with van der Waals surface area (Å²) in [7, 11) is 0. The van der Waals surface area contributed by atoms with E-state index in [4.69, 9.17) is 0 Å². The standard InChI is InChI=1S/C19H27NS/c1-4-8-18(19-9-7-14-21-19)20-17(6-3)16-12-10-15(5-2)11-13-16/h7,9-14,17-18,20H,4-6,8H2,1-3H3. The van der Waals surface area contributed by atoms with Gasteiger partial charge in [0.25, 0.3) is 0 Å². The van der Waals surface area contributed by atoms with Crippen molar-refractivity contribution in [3.8, 4) is 0 Å². The molecule has 2 heteroatoms. The van der Waals surface area contributed by atoms with Crippen LogP contribution in [0.25, 0.3) is 0 Å². The van der Waals surface area contributed by atoms with Gasteiger partial charge >= 0.3 is 0 Å². The maximum absolute atomic E-state index is 3.87. The van der Waals surface area contributed by atoms with E-state index in [1.807, 2.05) is 11.3 Å². The molecule has 2 unspecified atom stereocenters. The molecule has 0 saturated carbocycles. The van der Waals surface area contributed by atoms with Gasteiger partial charge in [-0.3, -0.25) is 0 Å². The van der Waals surface area contributed by atoms with Gasteiger partial charge in [0.1, 0.15) is 0 Å². The molecule has 2 rings (SSSR count). The lowest BCUT2D eigenvalue weighted by molar-refractivity contribution is 0.417. The molecule has 0 amide bonds. The fourth-order valence-electron chi connectivity index (χ4n) is 2.76. The Morgan fingerprint density at radius 3 is 2.29 bits per heavy atom. The van der Waals surface area contributed by atoms with Crippen molar-refractivity contribution in [3.05, 3.63) is 57.8 Å². The summed E-state index contributed by atoms with van der Waals surface area (Å²) < 4.78 is 0. The fraction of sp³-hybridized carbons (Fsp3) is 0.474. The van der Waals surface area contributed by atoms with Crippen molar-refractivity contribution in [1.82, 2.24) is 5.32 Å². The number of rotatable bonds is 8. The zero-order valence-corrected chi connectivity index (χ0v) is 14.2. The van der Waals surface area contributed by atoms with E-state index < -0.39 is 0 Å². The average Bonchev–Trinajstić information content (AvgIpc) is 3.06. The minimum atomic E-state index is 0.439. The molecule has 0 radical (unpaired) electrons. The van der Waals surface area contributed by atoms with Crippen LogP contribution in [0.3, 0.4) is 0 Å². The van der Waals surface area contributed by atoms with E-state index in [0.29, 0.717) is 12.1 Å². The predicted molar refractivity (Wildman–Crippen MR) is 94.0 cm³/mol. The summed E-state index contributed by atoms with van der Waals surface area (Å²) in [6, 6.07) is 14.4. The molecule has 0 aliphatic carbocycles. The van der Waals surface area contributed by atoms with Crippen LogP contribution in [0.5, 0.6) is 0 Å². The first-order valence-electron chi connectivity index (χ1n) is 8.16. The molecule has 21 heavy (non-hydrogen) atoms. The fourth-order valence-corrected chi connectivity index (χ4v) is 3.59. The molecule has 2 atom stereocenters. The summed E-state index contributed by atoms with van der Waals surface area (Å²) in [6.45, 7) is 6.74. The number of nitrogens with one attached hydrogen (secondary N) is 1. The summed E-state index contributed by atoms with van der Waals surface area (Å²) in [6.07, 6.45) is 4.64. The van der Waals surface area contributed by atoms with Crippen molar-refractivity contribution < 1.29 is 0 Å². The Morgan fingerprint density at radius 2 is 1.76 bits per heavy atom. The zero-order chi connectivity index (χ0) is 15.1. The summed E-state index contributed by atoms with van der Waals surface area (Å²) in [4.78, 5) is 1.46. The molecule has 2 aromatic rings. The normalized spacial score (nSPS) is 14.0. The lowest BCUT2D eigenvalue weighted by Crippen LogP contribution is -2.25. The van der Waals surface area contributed by atoms with Crippen LogP contribution in [0.1, 0.15) is 68.1 Å². The van der Waals surface area contributed by atoms with Crippen LogP contribution in [-0.4, -0.2) is 0 Å². The highest BCUT2D eigenvalue weighted by Crippen LogP contribution is 2.28. The van der Waals surface area contributed by atoms with Crippen LogP contribution >= 0.6 is 11.3 Å². The lowest BCUT2D eigenvalue weighted by Gasteiger charge is -2.25. The number of hydrogen-bond donors (Lipinski definition) is 1. The van der Waals surface area contributed by atoms with Gasteiger partial charge in [-0.25, -0.2) is 0 Å². The Balaban J connectivity index is 2.11. The quantitative estimate of drug-likeness (QED) is 0.640. The van der Waals surface area contributed by atoms with Gasteiger partial charge in [0.2, 0.25) is 0 Å². The van der Waals surface area contributed by atoms with Gasteiger partial charge in [-0.15, -0.1) is 11.3 Å². The smallest absolute Gasteiger partial charge is 0.0419 e. The van der Waals surface area contributed by atoms with Crippen LogP contribution in [0.15, 0.2) is 41.8 Å². The Labute approximate surface area is 133 Å². The third-order valence-corrected chi connectivity index (χ3v) is 5.05. The molecular formula is C19H27NS. The Hall–Kier alpha value is -1.12.